The van der Waals surface area contributed by atoms with Gasteiger partial charge in [0.15, 0.2) is 23.9 Å². The third-order valence-electron chi connectivity index (χ3n) is 5.78. The summed E-state index contributed by atoms with van der Waals surface area (Å²) in [6.07, 6.45) is 5.04. The Morgan fingerprint density at radius 3 is 2.53 bits per heavy atom. The minimum Gasteiger partial charge on any atom is -0.619 e. The van der Waals surface area contributed by atoms with E-state index in [4.69, 9.17) is 32.7 Å². The molecule has 7 nitrogen and oxygen atoms in total. The summed E-state index contributed by atoms with van der Waals surface area (Å²) in [5, 5.41) is 15.0. The van der Waals surface area contributed by atoms with Crippen LogP contribution in [-0.4, -0.2) is 31.8 Å². The van der Waals surface area contributed by atoms with Crippen LogP contribution in [-0.2, 0) is 16.0 Å². The second-order valence-corrected chi connectivity index (χ2v) is 9.22. The molecule has 4 rings (SSSR count). The number of carbonyl (C=O) groups is 1. The maximum absolute atomic E-state index is 12.9. The monoisotopic (exact) mass is 516 g/mol. The number of pyridine rings is 1. The molecule has 11 heteroatoms. The molecule has 1 aliphatic carbocycles. The Morgan fingerprint density at radius 2 is 1.91 bits per heavy atom. The molecule has 1 N–H and O–H groups in total. The highest BCUT2D eigenvalue weighted by Crippen LogP contribution is 2.38. The first kappa shape index (κ1) is 24.8. The van der Waals surface area contributed by atoms with Gasteiger partial charge in [-0.15, -0.1) is 0 Å². The van der Waals surface area contributed by atoms with Crippen LogP contribution < -0.4 is 19.5 Å². The summed E-state index contributed by atoms with van der Waals surface area (Å²) < 4.78 is 42.5. The number of alkyl halides is 2. The molecule has 184 valence electrons. The van der Waals surface area contributed by atoms with Gasteiger partial charge in [-0.3, -0.25) is 4.79 Å². The number of nitrogens with one attached hydrogen (secondary N) is 1. The van der Waals surface area contributed by atoms with Gasteiger partial charge >= 0.3 is 12.6 Å². The summed E-state index contributed by atoms with van der Waals surface area (Å²) in [6.45, 7) is -1.93. The molecule has 2 atom stereocenters. The maximum Gasteiger partial charge on any atom is 0.387 e. The van der Waals surface area contributed by atoms with Crippen LogP contribution in [0.15, 0.2) is 30.6 Å². The average Bonchev–Trinajstić information content (AvgIpc) is 3.44. The lowest BCUT2D eigenvalue weighted by Gasteiger charge is -2.23. The van der Waals surface area contributed by atoms with Crippen molar-refractivity contribution in [2.24, 2.45) is 5.92 Å². The third-order valence-corrected chi connectivity index (χ3v) is 6.43. The van der Waals surface area contributed by atoms with Crippen molar-refractivity contribution in [1.29, 1.82) is 0 Å². The van der Waals surface area contributed by atoms with Gasteiger partial charge in [0.05, 0.1) is 6.61 Å². The largest absolute Gasteiger partial charge is 0.619 e. The van der Waals surface area contributed by atoms with Crippen LogP contribution >= 0.6 is 23.2 Å². The first-order valence-corrected chi connectivity index (χ1v) is 11.8. The number of hydrogen-bond donors (Lipinski definition) is 1. The van der Waals surface area contributed by atoms with Crippen LogP contribution in [0, 0.1) is 11.1 Å². The van der Waals surface area contributed by atoms with Gasteiger partial charge in [-0.25, -0.2) is 0 Å². The highest BCUT2D eigenvalue weighted by molar-refractivity contribution is 6.35. The molecule has 1 aromatic carbocycles. The second kappa shape index (κ2) is 10.9. The molecule has 0 amide bonds. The smallest absolute Gasteiger partial charge is 0.387 e. The summed E-state index contributed by atoms with van der Waals surface area (Å²) in [5.74, 6) is -0.0405. The van der Waals surface area contributed by atoms with Crippen LogP contribution in [0.5, 0.6) is 11.5 Å². The molecule has 1 saturated heterocycles. The summed E-state index contributed by atoms with van der Waals surface area (Å²) in [4.78, 5) is 12.8. The second-order valence-electron chi connectivity index (χ2n) is 8.41. The Labute approximate surface area is 205 Å². The van der Waals surface area contributed by atoms with Gasteiger partial charge in [0.25, 0.3) is 0 Å². The zero-order valence-electron chi connectivity index (χ0n) is 18.1. The lowest BCUT2D eigenvalue weighted by atomic mass is 10.0. The number of hydrogen-bond acceptors (Lipinski definition) is 6. The number of ether oxygens (including phenoxy) is 3. The third kappa shape index (κ3) is 6.40. The summed E-state index contributed by atoms with van der Waals surface area (Å²) >= 11 is 12.5. The van der Waals surface area contributed by atoms with Crippen molar-refractivity contribution >= 4 is 29.2 Å². The van der Waals surface area contributed by atoms with Crippen molar-refractivity contribution < 1.29 is 32.5 Å². The molecule has 1 aromatic heterocycles. The molecule has 0 radical (unpaired) electrons. The fourth-order valence-corrected chi connectivity index (χ4v) is 4.37. The summed E-state index contributed by atoms with van der Waals surface area (Å²) in [7, 11) is 0. The molecular weight excluding hydrogens is 493 g/mol. The number of nitrogens with zero attached hydrogens (tertiary/aromatic N) is 1. The number of rotatable bonds is 10. The van der Waals surface area contributed by atoms with E-state index in [1.54, 1.807) is 0 Å². The SMILES string of the molecule is O=C(OC(Cc1c(Cl)c[n+]([O-])cc1Cl)c1ccc(OC(F)F)c(OCC2CC2)c1)C1CCCN1. The van der Waals surface area contributed by atoms with Gasteiger partial charge in [-0.1, -0.05) is 29.3 Å². The number of benzene rings is 1. The highest BCUT2D eigenvalue weighted by atomic mass is 35.5. The Hall–Kier alpha value is -2.36. The van der Waals surface area contributed by atoms with E-state index in [1.807, 2.05) is 0 Å². The number of halogens is 4. The van der Waals surface area contributed by atoms with E-state index < -0.39 is 24.7 Å². The van der Waals surface area contributed by atoms with Crippen molar-refractivity contribution in [3.8, 4) is 11.5 Å². The lowest BCUT2D eigenvalue weighted by Crippen LogP contribution is -2.33. The minimum atomic E-state index is -3.02. The predicted molar refractivity (Wildman–Crippen MR) is 120 cm³/mol. The van der Waals surface area contributed by atoms with E-state index in [-0.39, 0.29) is 28.0 Å². The molecule has 2 aliphatic rings. The van der Waals surface area contributed by atoms with Crippen LogP contribution in [0.25, 0.3) is 0 Å². The topological polar surface area (TPSA) is 83.7 Å². The first-order chi connectivity index (χ1) is 16.3. The van der Waals surface area contributed by atoms with Crippen LogP contribution in [0.1, 0.15) is 42.9 Å². The molecule has 34 heavy (non-hydrogen) atoms. The van der Waals surface area contributed by atoms with Gasteiger partial charge in [0.2, 0.25) is 0 Å². The normalized spacial score (nSPS) is 18.7. The van der Waals surface area contributed by atoms with E-state index in [1.165, 1.54) is 18.2 Å². The van der Waals surface area contributed by atoms with Crippen molar-refractivity contribution in [2.45, 2.75) is 50.9 Å². The molecule has 2 unspecified atom stereocenters. The van der Waals surface area contributed by atoms with E-state index in [2.05, 4.69) is 10.1 Å². The quantitative estimate of drug-likeness (QED) is 0.282. The molecule has 0 bridgehead atoms. The average molecular weight is 517 g/mol. The minimum absolute atomic E-state index is 0.0636. The Balaban J connectivity index is 1.65. The molecule has 2 aromatic rings. The van der Waals surface area contributed by atoms with Crippen LogP contribution in [0.4, 0.5) is 8.78 Å². The van der Waals surface area contributed by atoms with E-state index >= 15 is 0 Å². The highest BCUT2D eigenvalue weighted by Gasteiger charge is 2.30. The zero-order valence-corrected chi connectivity index (χ0v) is 19.7. The Kier molecular flexibility index (Phi) is 7.95. The molecule has 1 saturated carbocycles. The fourth-order valence-electron chi connectivity index (χ4n) is 3.77. The van der Waals surface area contributed by atoms with Gasteiger partial charge in [0.1, 0.15) is 22.2 Å². The van der Waals surface area contributed by atoms with Gasteiger partial charge < -0.3 is 24.7 Å². The maximum atomic E-state index is 12.9. The first-order valence-electron chi connectivity index (χ1n) is 11.0. The fraction of sp³-hybridized carbons (Fsp3) is 0.478. The Bertz CT molecular complexity index is 1010. The van der Waals surface area contributed by atoms with Gasteiger partial charge in [-0.2, -0.15) is 13.5 Å². The van der Waals surface area contributed by atoms with E-state index in [0.29, 0.717) is 41.3 Å². The summed E-state index contributed by atoms with van der Waals surface area (Å²) in [5.41, 5.74) is 0.908. The zero-order chi connectivity index (χ0) is 24.2. The molecule has 1 aliphatic heterocycles. The molecule has 2 heterocycles. The van der Waals surface area contributed by atoms with E-state index in [0.717, 1.165) is 31.7 Å². The standard InChI is InChI=1S/C23H24Cl2F2N2O5/c24-16-10-29(31)11-17(25)15(16)9-20(33-22(30)18-2-1-7-28-18)14-5-6-19(34-23(26)27)21(8-14)32-12-13-3-4-13/h5-6,8,10-11,13,18,20,23,28H,1-4,7,9,12H2. The molecular formula is C23H24Cl2F2N2O5. The van der Waals surface area contributed by atoms with Crippen molar-refractivity contribution in [3.63, 3.8) is 0 Å². The van der Waals surface area contributed by atoms with Gasteiger partial charge in [-0.05, 0) is 55.8 Å². The summed E-state index contributed by atoms with van der Waals surface area (Å²) in [6, 6.07) is 3.97. The van der Waals surface area contributed by atoms with E-state index in [9.17, 15) is 18.8 Å². The number of esters is 1. The van der Waals surface area contributed by atoms with Gasteiger partial charge in [0, 0.05) is 12.0 Å². The van der Waals surface area contributed by atoms with Crippen LogP contribution in [0.2, 0.25) is 10.0 Å². The van der Waals surface area contributed by atoms with Crippen molar-refractivity contribution in [2.75, 3.05) is 13.2 Å². The lowest BCUT2D eigenvalue weighted by molar-refractivity contribution is -0.605. The van der Waals surface area contributed by atoms with Crippen LogP contribution in [0.3, 0.4) is 0 Å². The van der Waals surface area contributed by atoms with Crippen molar-refractivity contribution in [1.82, 2.24) is 5.32 Å². The Morgan fingerprint density at radius 1 is 1.18 bits per heavy atom. The molecule has 2 fully saturated rings. The number of aromatic nitrogens is 1. The number of carbonyl (C=O) groups excluding carboxylic acids is 1. The molecule has 0 spiro atoms. The predicted octanol–water partition coefficient (Wildman–Crippen LogP) is 4.60. The van der Waals surface area contributed by atoms with Crippen molar-refractivity contribution in [3.05, 3.63) is 57.0 Å².